The van der Waals surface area contributed by atoms with Crippen LogP contribution in [0, 0.1) is 6.92 Å². The highest BCUT2D eigenvalue weighted by molar-refractivity contribution is 9.10. The molecule has 0 radical (unpaired) electrons. The lowest BCUT2D eigenvalue weighted by Crippen LogP contribution is -2.22. The lowest BCUT2D eigenvalue weighted by atomic mass is 10.3. The summed E-state index contributed by atoms with van der Waals surface area (Å²) >= 11 is 9.17. The van der Waals surface area contributed by atoms with E-state index in [1.54, 1.807) is 25.1 Å². The van der Waals surface area contributed by atoms with Crippen LogP contribution in [0.3, 0.4) is 0 Å². The molecule has 0 fully saturated rings. The van der Waals surface area contributed by atoms with Crippen molar-refractivity contribution in [1.29, 1.82) is 0 Å². The molecule has 1 heterocycles. The first-order valence-corrected chi connectivity index (χ1v) is 6.37. The van der Waals surface area contributed by atoms with Gasteiger partial charge < -0.3 is 5.11 Å². The van der Waals surface area contributed by atoms with Crippen LogP contribution in [0.4, 0.5) is 0 Å². The van der Waals surface area contributed by atoms with Gasteiger partial charge in [-0.1, -0.05) is 11.6 Å². The van der Waals surface area contributed by atoms with Crippen molar-refractivity contribution in [1.82, 2.24) is 9.78 Å². The topological polar surface area (TPSA) is 72.2 Å². The van der Waals surface area contributed by atoms with E-state index in [9.17, 15) is 9.59 Å². The van der Waals surface area contributed by atoms with E-state index in [1.165, 1.54) is 10.7 Å². The number of hydrogen-bond donors (Lipinski definition) is 1. The van der Waals surface area contributed by atoms with E-state index in [0.29, 0.717) is 20.9 Å². The van der Waals surface area contributed by atoms with Crippen molar-refractivity contribution in [3.05, 3.63) is 55.4 Å². The number of benzene rings is 1. The Morgan fingerprint density at radius 2 is 2.11 bits per heavy atom. The van der Waals surface area contributed by atoms with Crippen LogP contribution in [-0.4, -0.2) is 20.9 Å². The molecule has 0 aliphatic carbocycles. The Hall–Kier alpha value is -1.66. The van der Waals surface area contributed by atoms with Crippen molar-refractivity contribution in [2.24, 2.45) is 0 Å². The second-order valence-corrected chi connectivity index (χ2v) is 5.10. The van der Waals surface area contributed by atoms with Gasteiger partial charge in [-0.25, -0.2) is 9.48 Å². The van der Waals surface area contributed by atoms with Gasteiger partial charge in [-0.2, -0.15) is 5.10 Å². The summed E-state index contributed by atoms with van der Waals surface area (Å²) < 4.78 is 2.03. The Morgan fingerprint density at radius 1 is 1.42 bits per heavy atom. The van der Waals surface area contributed by atoms with Gasteiger partial charge >= 0.3 is 5.97 Å². The summed E-state index contributed by atoms with van der Waals surface area (Å²) in [7, 11) is 0. The maximum absolute atomic E-state index is 11.5. The molecule has 5 nitrogen and oxygen atoms in total. The largest absolute Gasteiger partial charge is 0.476 e. The molecule has 1 aromatic heterocycles. The van der Waals surface area contributed by atoms with Crippen molar-refractivity contribution < 1.29 is 9.90 Å². The fourth-order valence-corrected chi connectivity index (χ4v) is 2.44. The number of aryl methyl sites for hydroxylation is 1. The average molecular weight is 344 g/mol. The molecule has 1 N–H and O–H groups in total. The fraction of sp³-hybridized carbons (Fsp3) is 0.0833. The Kier molecular flexibility index (Phi) is 3.73. The van der Waals surface area contributed by atoms with Crippen LogP contribution < -0.4 is 5.43 Å². The van der Waals surface area contributed by atoms with E-state index in [1.807, 2.05) is 0 Å². The molecule has 1 aromatic carbocycles. The first kappa shape index (κ1) is 13.8. The smallest absolute Gasteiger partial charge is 0.360 e. The molecule has 7 heteroatoms. The van der Waals surface area contributed by atoms with Crippen LogP contribution in [0.2, 0.25) is 5.02 Å². The lowest BCUT2D eigenvalue weighted by molar-refractivity contribution is 0.0686. The molecule has 0 saturated carbocycles. The fourth-order valence-electron chi connectivity index (χ4n) is 1.59. The maximum atomic E-state index is 11.5. The Balaban J connectivity index is 2.71. The molecule has 0 aliphatic rings. The Labute approximate surface area is 121 Å². The van der Waals surface area contributed by atoms with E-state index in [0.717, 1.165) is 0 Å². The summed E-state index contributed by atoms with van der Waals surface area (Å²) in [5.74, 6) is -1.36. The molecular weight excluding hydrogens is 335 g/mol. The lowest BCUT2D eigenvalue weighted by Gasteiger charge is -2.11. The van der Waals surface area contributed by atoms with E-state index >= 15 is 0 Å². The molecule has 98 valence electrons. The van der Waals surface area contributed by atoms with Crippen LogP contribution in [0.5, 0.6) is 0 Å². The minimum absolute atomic E-state index is 0.521. The normalized spacial score (nSPS) is 10.5. The van der Waals surface area contributed by atoms with Gasteiger partial charge in [-0.3, -0.25) is 4.79 Å². The number of aromatic nitrogens is 2. The van der Waals surface area contributed by atoms with Gasteiger partial charge in [-0.15, -0.1) is 0 Å². The number of carboxylic acid groups (broad SMARTS) is 1. The van der Waals surface area contributed by atoms with Crippen LogP contribution in [-0.2, 0) is 0 Å². The quantitative estimate of drug-likeness (QED) is 0.910. The standard InChI is InChI=1S/C12H8BrClN2O3/c1-6-4-10(17)11(12(18)19)15-16(6)9-3-2-7(14)5-8(9)13/h2-5H,1H3,(H,18,19). The number of rotatable bonds is 2. The first-order valence-electron chi connectivity index (χ1n) is 5.20. The van der Waals surface area contributed by atoms with Gasteiger partial charge in [0.25, 0.3) is 0 Å². The third-order valence-corrected chi connectivity index (χ3v) is 3.32. The van der Waals surface area contributed by atoms with E-state index in [4.69, 9.17) is 16.7 Å². The zero-order valence-electron chi connectivity index (χ0n) is 9.72. The Bertz CT molecular complexity index is 727. The molecule has 0 spiro atoms. The predicted molar refractivity (Wildman–Crippen MR) is 74.2 cm³/mol. The maximum Gasteiger partial charge on any atom is 0.360 e. The number of halogens is 2. The van der Waals surface area contributed by atoms with Crippen molar-refractivity contribution >= 4 is 33.5 Å². The number of nitrogens with zero attached hydrogens (tertiary/aromatic N) is 2. The summed E-state index contributed by atoms with van der Waals surface area (Å²) in [6, 6.07) is 6.23. The molecule has 0 unspecified atom stereocenters. The van der Waals surface area contributed by atoms with Crippen molar-refractivity contribution in [2.75, 3.05) is 0 Å². The summed E-state index contributed by atoms with van der Waals surface area (Å²) in [5, 5.41) is 13.3. The second kappa shape index (κ2) is 5.14. The summed E-state index contributed by atoms with van der Waals surface area (Å²) in [5.41, 5.74) is -0.0128. The summed E-state index contributed by atoms with van der Waals surface area (Å²) in [6.07, 6.45) is 0. The van der Waals surface area contributed by atoms with Crippen LogP contribution >= 0.6 is 27.5 Å². The minimum Gasteiger partial charge on any atom is -0.476 e. The van der Waals surface area contributed by atoms with Gasteiger partial charge in [-0.05, 0) is 41.1 Å². The van der Waals surface area contributed by atoms with Crippen molar-refractivity contribution in [2.45, 2.75) is 6.92 Å². The van der Waals surface area contributed by atoms with Crippen LogP contribution in [0.15, 0.2) is 33.5 Å². The number of hydrogen-bond acceptors (Lipinski definition) is 3. The number of carboxylic acids is 1. The zero-order valence-corrected chi connectivity index (χ0v) is 12.1. The molecule has 2 aromatic rings. The third kappa shape index (κ3) is 2.69. The summed E-state index contributed by atoms with van der Waals surface area (Å²) in [4.78, 5) is 22.5. The van der Waals surface area contributed by atoms with Gasteiger partial charge in [0, 0.05) is 21.3 Å². The summed E-state index contributed by atoms with van der Waals surface area (Å²) in [6.45, 7) is 1.67. The second-order valence-electron chi connectivity index (χ2n) is 3.81. The van der Waals surface area contributed by atoms with Gasteiger partial charge in [0.1, 0.15) is 0 Å². The monoisotopic (exact) mass is 342 g/mol. The molecule has 0 saturated heterocycles. The minimum atomic E-state index is -1.36. The third-order valence-electron chi connectivity index (χ3n) is 2.45. The molecular formula is C12H8BrClN2O3. The molecule has 0 aliphatic heterocycles. The highest BCUT2D eigenvalue weighted by Gasteiger charge is 2.15. The SMILES string of the molecule is Cc1cc(=O)c(C(=O)O)nn1-c1ccc(Cl)cc1Br. The molecule has 19 heavy (non-hydrogen) atoms. The molecule has 0 amide bonds. The van der Waals surface area contributed by atoms with Crippen molar-refractivity contribution in [3.63, 3.8) is 0 Å². The Morgan fingerprint density at radius 3 is 2.68 bits per heavy atom. The van der Waals surface area contributed by atoms with E-state index in [-0.39, 0.29) is 0 Å². The zero-order chi connectivity index (χ0) is 14.2. The highest BCUT2D eigenvalue weighted by Crippen LogP contribution is 2.24. The van der Waals surface area contributed by atoms with E-state index < -0.39 is 17.1 Å². The van der Waals surface area contributed by atoms with Gasteiger partial charge in [0.15, 0.2) is 0 Å². The number of carbonyl (C=O) groups is 1. The van der Waals surface area contributed by atoms with Gasteiger partial charge in [0.2, 0.25) is 11.1 Å². The predicted octanol–water partition coefficient (Wildman–Crippen LogP) is 2.66. The molecule has 0 bridgehead atoms. The van der Waals surface area contributed by atoms with Crippen molar-refractivity contribution in [3.8, 4) is 5.69 Å². The van der Waals surface area contributed by atoms with Crippen LogP contribution in [0.1, 0.15) is 16.2 Å². The first-order chi connectivity index (χ1) is 8.90. The number of aromatic carboxylic acids is 1. The van der Waals surface area contributed by atoms with Crippen LogP contribution in [0.25, 0.3) is 5.69 Å². The van der Waals surface area contributed by atoms with Gasteiger partial charge in [0.05, 0.1) is 5.69 Å². The molecule has 2 rings (SSSR count). The average Bonchev–Trinajstić information content (AvgIpc) is 2.30. The van der Waals surface area contributed by atoms with E-state index in [2.05, 4.69) is 21.0 Å². The highest BCUT2D eigenvalue weighted by atomic mass is 79.9. The molecule has 0 atom stereocenters.